The van der Waals surface area contributed by atoms with Gasteiger partial charge < -0.3 is 4.74 Å². The second-order valence-electron chi connectivity index (χ2n) is 7.11. The van der Waals surface area contributed by atoms with Crippen LogP contribution in [0.25, 0.3) is 0 Å². The Balaban J connectivity index is 1.51. The molecule has 2 aromatic rings. The van der Waals surface area contributed by atoms with E-state index >= 15 is 0 Å². The molecule has 1 fully saturated rings. The lowest BCUT2D eigenvalue weighted by Crippen LogP contribution is -2.35. The molecule has 27 heavy (non-hydrogen) atoms. The van der Waals surface area contributed by atoms with Crippen LogP contribution in [0.5, 0.6) is 0 Å². The van der Waals surface area contributed by atoms with Gasteiger partial charge in [0.1, 0.15) is 0 Å². The molecule has 0 spiro atoms. The van der Waals surface area contributed by atoms with Crippen molar-refractivity contribution in [3.8, 4) is 0 Å². The van der Waals surface area contributed by atoms with Gasteiger partial charge in [0.15, 0.2) is 0 Å². The highest BCUT2D eigenvalue weighted by Gasteiger charge is 2.11. The normalized spacial score (nSPS) is 15.4. The minimum absolute atomic E-state index is 0.206. The summed E-state index contributed by atoms with van der Waals surface area (Å²) in [7, 11) is 0. The summed E-state index contributed by atoms with van der Waals surface area (Å²) in [6.45, 7) is 8.70. The van der Waals surface area contributed by atoms with E-state index < -0.39 is 0 Å². The van der Waals surface area contributed by atoms with Crippen LogP contribution >= 0.6 is 0 Å². The van der Waals surface area contributed by atoms with E-state index in [4.69, 9.17) is 4.74 Å². The molecular formula is C22H27N3O2. The molecule has 0 aromatic heterocycles. The van der Waals surface area contributed by atoms with Crippen molar-refractivity contribution < 1.29 is 9.53 Å². The quantitative estimate of drug-likeness (QED) is 0.630. The minimum atomic E-state index is -0.206. The Morgan fingerprint density at radius 1 is 1.11 bits per heavy atom. The van der Waals surface area contributed by atoms with Gasteiger partial charge in [0.25, 0.3) is 5.91 Å². The van der Waals surface area contributed by atoms with E-state index in [1.165, 1.54) is 11.1 Å². The van der Waals surface area contributed by atoms with Gasteiger partial charge in [-0.05, 0) is 34.7 Å². The number of hydrogen-bond acceptors (Lipinski definition) is 4. The molecule has 1 aliphatic rings. The highest BCUT2D eigenvalue weighted by molar-refractivity contribution is 5.94. The highest BCUT2D eigenvalue weighted by Crippen LogP contribution is 2.14. The third kappa shape index (κ3) is 5.74. The summed E-state index contributed by atoms with van der Waals surface area (Å²) < 4.78 is 5.37. The average Bonchev–Trinajstić information content (AvgIpc) is 2.69. The van der Waals surface area contributed by atoms with Crippen molar-refractivity contribution >= 4 is 12.1 Å². The van der Waals surface area contributed by atoms with Crippen molar-refractivity contribution in [3.05, 3.63) is 70.8 Å². The lowest BCUT2D eigenvalue weighted by molar-refractivity contribution is 0.0342. The third-order valence-corrected chi connectivity index (χ3v) is 4.71. The van der Waals surface area contributed by atoms with Crippen molar-refractivity contribution in [3.63, 3.8) is 0 Å². The van der Waals surface area contributed by atoms with Crippen molar-refractivity contribution in [2.75, 3.05) is 26.3 Å². The van der Waals surface area contributed by atoms with Gasteiger partial charge in [-0.3, -0.25) is 9.69 Å². The number of ether oxygens (including phenoxy) is 1. The SMILES string of the molecule is CC(C)c1ccc(/C=N\NC(=O)c2ccc(CN3CCOCC3)cc2)cc1. The van der Waals surface area contributed by atoms with Crippen LogP contribution in [0.4, 0.5) is 0 Å². The Morgan fingerprint density at radius 2 is 1.78 bits per heavy atom. The largest absolute Gasteiger partial charge is 0.379 e. The number of carbonyl (C=O) groups is 1. The van der Waals surface area contributed by atoms with Crippen LogP contribution in [-0.2, 0) is 11.3 Å². The van der Waals surface area contributed by atoms with Gasteiger partial charge in [0.05, 0.1) is 19.4 Å². The molecule has 0 bridgehead atoms. The molecule has 1 amide bonds. The van der Waals surface area contributed by atoms with E-state index in [0.717, 1.165) is 38.4 Å². The Labute approximate surface area is 161 Å². The van der Waals surface area contributed by atoms with Gasteiger partial charge in [-0.2, -0.15) is 5.10 Å². The second-order valence-corrected chi connectivity index (χ2v) is 7.11. The van der Waals surface area contributed by atoms with Crippen LogP contribution < -0.4 is 5.43 Å². The molecule has 1 saturated heterocycles. The fourth-order valence-corrected chi connectivity index (χ4v) is 2.98. The van der Waals surface area contributed by atoms with Crippen LogP contribution in [0.15, 0.2) is 53.6 Å². The zero-order valence-electron chi connectivity index (χ0n) is 16.0. The smallest absolute Gasteiger partial charge is 0.271 e. The summed E-state index contributed by atoms with van der Waals surface area (Å²) >= 11 is 0. The zero-order chi connectivity index (χ0) is 19.1. The molecule has 0 aliphatic carbocycles. The van der Waals surface area contributed by atoms with Crippen LogP contribution in [-0.4, -0.2) is 43.3 Å². The Kier molecular flexibility index (Phi) is 6.74. The highest BCUT2D eigenvalue weighted by atomic mass is 16.5. The summed E-state index contributed by atoms with van der Waals surface area (Å²) in [5, 5.41) is 4.06. The first kappa shape index (κ1) is 19.3. The predicted molar refractivity (Wildman–Crippen MR) is 108 cm³/mol. The zero-order valence-corrected chi connectivity index (χ0v) is 16.0. The summed E-state index contributed by atoms with van der Waals surface area (Å²) in [5.74, 6) is 0.296. The summed E-state index contributed by atoms with van der Waals surface area (Å²) in [6.07, 6.45) is 1.66. The average molecular weight is 365 g/mol. The van der Waals surface area contributed by atoms with Gasteiger partial charge in [-0.25, -0.2) is 5.43 Å². The van der Waals surface area contributed by atoms with Gasteiger partial charge in [0, 0.05) is 25.2 Å². The second kappa shape index (κ2) is 9.44. The van der Waals surface area contributed by atoms with Gasteiger partial charge >= 0.3 is 0 Å². The van der Waals surface area contributed by atoms with Gasteiger partial charge in [-0.1, -0.05) is 50.2 Å². The summed E-state index contributed by atoms with van der Waals surface area (Å²) in [6, 6.07) is 15.9. The number of nitrogens with one attached hydrogen (secondary N) is 1. The predicted octanol–water partition coefficient (Wildman–Crippen LogP) is 3.41. The Hall–Kier alpha value is -2.50. The van der Waals surface area contributed by atoms with E-state index in [-0.39, 0.29) is 5.91 Å². The van der Waals surface area contributed by atoms with Crippen LogP contribution in [0.3, 0.4) is 0 Å². The van der Waals surface area contributed by atoms with E-state index in [0.29, 0.717) is 11.5 Å². The maximum Gasteiger partial charge on any atom is 0.271 e. The fraction of sp³-hybridized carbons (Fsp3) is 0.364. The first-order chi connectivity index (χ1) is 13.1. The monoisotopic (exact) mass is 365 g/mol. The summed E-state index contributed by atoms with van der Waals surface area (Å²) in [4.78, 5) is 14.6. The number of rotatable bonds is 6. The summed E-state index contributed by atoms with van der Waals surface area (Å²) in [5.41, 5.74) is 6.63. The first-order valence-corrected chi connectivity index (χ1v) is 9.44. The number of benzene rings is 2. The number of morpholine rings is 1. The van der Waals surface area contributed by atoms with Gasteiger partial charge in [0.2, 0.25) is 0 Å². The minimum Gasteiger partial charge on any atom is -0.379 e. The maximum absolute atomic E-state index is 12.2. The molecule has 2 aromatic carbocycles. The van der Waals surface area contributed by atoms with E-state index in [2.05, 4.69) is 41.4 Å². The molecule has 3 rings (SSSR count). The van der Waals surface area contributed by atoms with Crippen LogP contribution in [0.2, 0.25) is 0 Å². The maximum atomic E-state index is 12.2. The van der Waals surface area contributed by atoms with Crippen molar-refractivity contribution in [2.24, 2.45) is 5.10 Å². The fourth-order valence-electron chi connectivity index (χ4n) is 2.98. The standard InChI is InChI=1S/C22H27N3O2/c1-17(2)20-7-3-18(4-8-20)15-23-24-22(26)21-9-5-19(6-10-21)16-25-11-13-27-14-12-25/h3-10,15,17H,11-14,16H2,1-2H3,(H,24,26)/b23-15-. The van der Waals surface area contributed by atoms with Crippen molar-refractivity contribution in [1.29, 1.82) is 0 Å². The number of nitrogens with zero attached hydrogens (tertiary/aromatic N) is 2. The lowest BCUT2D eigenvalue weighted by Gasteiger charge is -2.26. The number of hydrogen-bond donors (Lipinski definition) is 1. The van der Waals surface area contributed by atoms with E-state index in [9.17, 15) is 4.79 Å². The molecule has 5 nitrogen and oxygen atoms in total. The van der Waals surface area contributed by atoms with Crippen LogP contribution in [0, 0.1) is 0 Å². The topological polar surface area (TPSA) is 53.9 Å². The van der Waals surface area contributed by atoms with E-state index in [1.807, 2.05) is 36.4 Å². The van der Waals surface area contributed by atoms with Crippen LogP contribution in [0.1, 0.15) is 46.8 Å². The number of hydrazone groups is 1. The molecular weight excluding hydrogens is 338 g/mol. The molecule has 0 radical (unpaired) electrons. The van der Waals surface area contributed by atoms with E-state index in [1.54, 1.807) is 6.21 Å². The first-order valence-electron chi connectivity index (χ1n) is 9.44. The molecule has 1 heterocycles. The molecule has 0 atom stereocenters. The molecule has 0 saturated carbocycles. The molecule has 0 unspecified atom stereocenters. The molecule has 1 N–H and O–H groups in total. The lowest BCUT2D eigenvalue weighted by atomic mass is 10.0. The molecule has 142 valence electrons. The Bertz CT molecular complexity index is 761. The number of carbonyl (C=O) groups excluding carboxylic acids is 1. The van der Waals surface area contributed by atoms with Crippen molar-refractivity contribution in [1.82, 2.24) is 10.3 Å². The third-order valence-electron chi connectivity index (χ3n) is 4.71. The molecule has 5 heteroatoms. The van der Waals surface area contributed by atoms with Crippen molar-refractivity contribution in [2.45, 2.75) is 26.3 Å². The number of amides is 1. The Morgan fingerprint density at radius 3 is 2.41 bits per heavy atom. The van der Waals surface area contributed by atoms with Gasteiger partial charge in [-0.15, -0.1) is 0 Å². The molecule has 1 aliphatic heterocycles.